The van der Waals surface area contributed by atoms with Crippen LogP contribution in [0.2, 0.25) is 0 Å². The number of sulfone groups is 1. The van der Waals surface area contributed by atoms with Crippen molar-refractivity contribution in [3.63, 3.8) is 0 Å². The first-order valence-corrected chi connectivity index (χ1v) is 11.0. The van der Waals surface area contributed by atoms with Crippen LogP contribution in [0.5, 0.6) is 5.75 Å². The van der Waals surface area contributed by atoms with Crippen molar-refractivity contribution in [2.75, 3.05) is 32.1 Å². The summed E-state index contributed by atoms with van der Waals surface area (Å²) in [7, 11) is -3.40. The molecule has 2 rings (SSSR count). The number of carbonyl (C=O) groups is 1. The van der Waals surface area contributed by atoms with Gasteiger partial charge in [-0.05, 0) is 57.4 Å². The van der Waals surface area contributed by atoms with Gasteiger partial charge in [0.25, 0.3) is 0 Å². The summed E-state index contributed by atoms with van der Waals surface area (Å²) >= 11 is 0. The van der Waals surface area contributed by atoms with Crippen LogP contribution < -0.4 is 10.1 Å². The van der Waals surface area contributed by atoms with Crippen molar-refractivity contribution in [2.24, 2.45) is 5.92 Å². The van der Waals surface area contributed by atoms with E-state index in [9.17, 15) is 17.6 Å². The van der Waals surface area contributed by atoms with E-state index in [0.717, 1.165) is 6.42 Å². The number of halogens is 1. The number of alkyl carbamates (subject to hydrolysis) is 1. The van der Waals surface area contributed by atoms with Crippen LogP contribution in [0.25, 0.3) is 0 Å². The normalized spacial score (nSPS) is 17.8. The fourth-order valence-corrected chi connectivity index (χ4v) is 4.29. The van der Waals surface area contributed by atoms with Gasteiger partial charge in [0.1, 0.15) is 18.0 Å². The van der Waals surface area contributed by atoms with Crippen molar-refractivity contribution in [3.8, 4) is 5.75 Å². The molecule has 1 aliphatic heterocycles. The van der Waals surface area contributed by atoms with Crippen molar-refractivity contribution >= 4 is 15.9 Å². The maximum absolute atomic E-state index is 13.0. The predicted octanol–water partition coefficient (Wildman–Crippen LogP) is 3.25. The average molecular weight is 430 g/mol. The lowest BCUT2D eigenvalue weighted by molar-refractivity contribution is 0.0531. The lowest BCUT2D eigenvalue weighted by Crippen LogP contribution is -2.34. The zero-order chi connectivity index (χ0) is 21.5. The van der Waals surface area contributed by atoms with Crippen LogP contribution in [-0.2, 0) is 19.3 Å². The summed E-state index contributed by atoms with van der Waals surface area (Å²) in [6.07, 6.45) is 0.453. The Labute approximate surface area is 171 Å². The largest absolute Gasteiger partial charge is 0.489 e. The first-order valence-electron chi connectivity index (χ1n) is 9.37. The maximum atomic E-state index is 13.0. The number of hydrogen-bond acceptors (Lipinski definition) is 6. The first-order chi connectivity index (χ1) is 13.6. The highest BCUT2D eigenvalue weighted by Gasteiger charge is 2.24. The number of amides is 1. The van der Waals surface area contributed by atoms with E-state index in [0.29, 0.717) is 25.3 Å². The molecule has 1 fully saturated rings. The highest BCUT2D eigenvalue weighted by molar-refractivity contribution is 7.91. The highest BCUT2D eigenvalue weighted by Crippen LogP contribution is 2.22. The molecular weight excluding hydrogens is 401 g/mol. The zero-order valence-electron chi connectivity index (χ0n) is 16.9. The number of benzene rings is 1. The summed E-state index contributed by atoms with van der Waals surface area (Å²) in [5.41, 5.74) is -0.443. The molecule has 1 amide bonds. The quantitative estimate of drug-likeness (QED) is 0.682. The molecular formula is C20H28FNO6S. The second-order valence-corrected chi connectivity index (χ2v) is 9.93. The smallest absolute Gasteiger partial charge is 0.407 e. The molecule has 0 bridgehead atoms. The number of ether oxygens (including phenoxy) is 3. The van der Waals surface area contributed by atoms with Gasteiger partial charge in [0, 0.05) is 18.7 Å². The second kappa shape index (κ2) is 10.1. The van der Waals surface area contributed by atoms with E-state index in [1.54, 1.807) is 20.8 Å². The van der Waals surface area contributed by atoms with E-state index in [-0.39, 0.29) is 35.3 Å². The van der Waals surface area contributed by atoms with Gasteiger partial charge in [-0.3, -0.25) is 0 Å². The van der Waals surface area contributed by atoms with Crippen molar-refractivity contribution in [3.05, 3.63) is 36.2 Å². The number of rotatable bonds is 8. The fraction of sp³-hybridized carbons (Fsp3) is 0.550. The molecule has 29 heavy (non-hydrogen) atoms. The molecule has 0 unspecified atom stereocenters. The van der Waals surface area contributed by atoms with Crippen LogP contribution in [0.15, 0.2) is 41.1 Å². The molecule has 1 N–H and O–H groups in total. The zero-order valence-corrected chi connectivity index (χ0v) is 17.8. The van der Waals surface area contributed by atoms with E-state index in [1.807, 2.05) is 0 Å². The van der Waals surface area contributed by atoms with Gasteiger partial charge >= 0.3 is 6.09 Å². The van der Waals surface area contributed by atoms with Crippen LogP contribution in [0, 0.1) is 5.92 Å². The van der Waals surface area contributed by atoms with Gasteiger partial charge in [-0.25, -0.2) is 17.6 Å². The molecule has 0 radical (unpaired) electrons. The molecule has 1 aliphatic rings. The monoisotopic (exact) mass is 429 g/mol. The second-order valence-electron chi connectivity index (χ2n) is 7.89. The molecule has 0 saturated carbocycles. The van der Waals surface area contributed by atoms with Gasteiger partial charge in [0.05, 0.1) is 23.6 Å². The Hall–Kier alpha value is -2.13. The lowest BCUT2D eigenvalue weighted by Gasteiger charge is -2.20. The lowest BCUT2D eigenvalue weighted by atomic mass is 10.2. The molecule has 0 spiro atoms. The van der Waals surface area contributed by atoms with E-state index in [1.165, 1.54) is 24.3 Å². The minimum atomic E-state index is -3.40. The number of hydrogen-bond donors (Lipinski definition) is 1. The molecule has 1 saturated heterocycles. The molecule has 0 aromatic heterocycles. The number of carbonyl (C=O) groups excluding carboxylic acids is 1. The Kier molecular flexibility index (Phi) is 8.04. The van der Waals surface area contributed by atoms with E-state index in [2.05, 4.69) is 5.32 Å². The first kappa shape index (κ1) is 23.2. The molecule has 1 aromatic carbocycles. The summed E-state index contributed by atoms with van der Waals surface area (Å²) in [4.78, 5) is 11.8. The summed E-state index contributed by atoms with van der Waals surface area (Å²) in [6, 6.07) is 5.99. The van der Waals surface area contributed by atoms with Crippen LogP contribution >= 0.6 is 0 Å². The number of nitrogens with one attached hydrogen (secondary N) is 1. The fourth-order valence-electron chi connectivity index (χ4n) is 2.66. The molecule has 1 heterocycles. The topological polar surface area (TPSA) is 90.9 Å². The molecule has 1 aromatic rings. The van der Waals surface area contributed by atoms with Crippen LogP contribution in [0.4, 0.5) is 9.18 Å². The Morgan fingerprint density at radius 3 is 2.55 bits per heavy atom. The summed E-state index contributed by atoms with van der Waals surface area (Å²) < 4.78 is 53.7. The van der Waals surface area contributed by atoms with Crippen molar-refractivity contribution in [1.82, 2.24) is 5.32 Å². The van der Waals surface area contributed by atoms with E-state index >= 15 is 0 Å². The van der Waals surface area contributed by atoms with E-state index < -0.39 is 21.5 Å². The molecule has 0 aliphatic carbocycles. The van der Waals surface area contributed by atoms with Gasteiger partial charge in [-0.2, -0.15) is 0 Å². The standard InChI is InChI=1S/C20H28FNO6S/c1-20(2,3)28-19(23)22-11-16(10-21)13-27-17-4-6-18(7-5-17)29(24,25)14-15-8-9-26-12-15/h4-7,10,15H,8-9,11-14H2,1-3H3,(H,22,23)/b16-10+/t15-/m1/s1. The summed E-state index contributed by atoms with van der Waals surface area (Å²) in [6.45, 7) is 6.09. The summed E-state index contributed by atoms with van der Waals surface area (Å²) in [5.74, 6) is 0.466. The predicted molar refractivity (Wildman–Crippen MR) is 106 cm³/mol. The Morgan fingerprint density at radius 2 is 2.00 bits per heavy atom. The maximum Gasteiger partial charge on any atom is 0.407 e. The highest BCUT2D eigenvalue weighted by atomic mass is 32.2. The van der Waals surface area contributed by atoms with Gasteiger partial charge in [0.15, 0.2) is 9.84 Å². The minimum absolute atomic E-state index is 0.0191. The van der Waals surface area contributed by atoms with Crippen molar-refractivity contribution < 1.29 is 31.8 Å². The third kappa shape index (κ3) is 8.02. The SMILES string of the molecule is CC(C)(C)OC(=O)NC/C(=C\F)COc1ccc(S(=O)(=O)C[C@@H]2CCOC2)cc1. The Bertz CT molecular complexity index is 808. The van der Waals surface area contributed by atoms with Gasteiger partial charge < -0.3 is 19.5 Å². The minimum Gasteiger partial charge on any atom is -0.489 e. The van der Waals surface area contributed by atoms with Crippen LogP contribution in [0.1, 0.15) is 27.2 Å². The van der Waals surface area contributed by atoms with Gasteiger partial charge in [-0.1, -0.05) is 0 Å². The van der Waals surface area contributed by atoms with Crippen LogP contribution in [-0.4, -0.2) is 52.2 Å². The van der Waals surface area contributed by atoms with Gasteiger partial charge in [-0.15, -0.1) is 0 Å². The van der Waals surface area contributed by atoms with Crippen molar-refractivity contribution in [2.45, 2.75) is 37.7 Å². The van der Waals surface area contributed by atoms with Crippen molar-refractivity contribution in [1.29, 1.82) is 0 Å². The van der Waals surface area contributed by atoms with Gasteiger partial charge in [0.2, 0.25) is 0 Å². The average Bonchev–Trinajstić information content (AvgIpc) is 3.13. The molecule has 9 heteroatoms. The molecule has 162 valence electrons. The molecule has 1 atom stereocenters. The Morgan fingerprint density at radius 1 is 1.31 bits per heavy atom. The van der Waals surface area contributed by atoms with E-state index in [4.69, 9.17) is 14.2 Å². The van der Waals surface area contributed by atoms with Crippen LogP contribution in [0.3, 0.4) is 0 Å². The summed E-state index contributed by atoms with van der Waals surface area (Å²) in [5, 5.41) is 2.45. The third-order valence-corrected chi connectivity index (χ3v) is 6.00. The molecule has 7 nitrogen and oxygen atoms in total. The third-order valence-electron chi connectivity index (χ3n) is 4.10. The Balaban J connectivity index is 1.84.